The molecule has 2 heterocycles. The number of nitrogens with zero attached hydrogens (tertiary/aromatic N) is 3. The van der Waals surface area contributed by atoms with Crippen molar-refractivity contribution in [1.82, 2.24) is 14.7 Å². The number of rotatable bonds is 4. The number of carbonyl (C=O) groups is 1. The van der Waals surface area contributed by atoms with E-state index in [9.17, 15) is 9.90 Å². The summed E-state index contributed by atoms with van der Waals surface area (Å²) in [7, 11) is 0. The molecule has 1 aliphatic heterocycles. The number of carboxylic acids is 1. The van der Waals surface area contributed by atoms with Gasteiger partial charge in [-0.1, -0.05) is 18.2 Å². The molecule has 1 aromatic carbocycles. The number of aromatic carboxylic acids is 1. The lowest BCUT2D eigenvalue weighted by Crippen LogP contribution is -2.22. The molecular weight excluding hydrogens is 254 g/mol. The molecule has 0 amide bonds. The van der Waals surface area contributed by atoms with Crippen molar-refractivity contribution < 1.29 is 9.90 Å². The zero-order valence-corrected chi connectivity index (χ0v) is 11.2. The van der Waals surface area contributed by atoms with Crippen molar-refractivity contribution in [3.63, 3.8) is 0 Å². The monoisotopic (exact) mass is 271 g/mol. The molecule has 0 atom stereocenters. The van der Waals surface area contributed by atoms with Crippen LogP contribution >= 0.6 is 0 Å². The average molecular weight is 271 g/mol. The molecule has 5 nitrogen and oxygen atoms in total. The van der Waals surface area contributed by atoms with Crippen molar-refractivity contribution in [3.8, 4) is 5.69 Å². The van der Waals surface area contributed by atoms with Crippen LogP contribution in [0.3, 0.4) is 0 Å². The first-order chi connectivity index (χ1) is 9.75. The minimum atomic E-state index is -0.915. The standard InChI is InChI=1S/C15H17N3O2/c19-15(20)13-10-16-18(12-6-2-1-3-7-12)14(13)11-17-8-4-5-9-17/h1-3,6-7,10H,4-5,8-9,11H2,(H,19,20). The van der Waals surface area contributed by atoms with E-state index in [1.807, 2.05) is 30.3 Å². The fraction of sp³-hybridized carbons (Fsp3) is 0.333. The van der Waals surface area contributed by atoms with Crippen molar-refractivity contribution in [2.75, 3.05) is 13.1 Å². The maximum absolute atomic E-state index is 11.4. The van der Waals surface area contributed by atoms with Crippen molar-refractivity contribution >= 4 is 5.97 Å². The zero-order valence-electron chi connectivity index (χ0n) is 11.2. The number of para-hydroxylation sites is 1. The number of benzene rings is 1. The van der Waals surface area contributed by atoms with E-state index in [1.54, 1.807) is 4.68 Å². The Morgan fingerprint density at radius 3 is 2.55 bits per heavy atom. The second kappa shape index (κ2) is 5.46. The van der Waals surface area contributed by atoms with Gasteiger partial charge in [-0.3, -0.25) is 4.90 Å². The van der Waals surface area contributed by atoms with Crippen molar-refractivity contribution in [2.24, 2.45) is 0 Å². The van der Waals surface area contributed by atoms with Crippen LogP contribution in [0.2, 0.25) is 0 Å². The first-order valence-electron chi connectivity index (χ1n) is 6.83. The van der Waals surface area contributed by atoms with E-state index in [0.29, 0.717) is 12.1 Å². The van der Waals surface area contributed by atoms with Crippen LogP contribution in [0.4, 0.5) is 0 Å². The molecule has 0 unspecified atom stereocenters. The van der Waals surface area contributed by atoms with Crippen LogP contribution in [0.1, 0.15) is 28.9 Å². The normalized spacial score (nSPS) is 15.6. The third kappa shape index (κ3) is 2.44. The van der Waals surface area contributed by atoms with Gasteiger partial charge in [0.25, 0.3) is 0 Å². The van der Waals surface area contributed by atoms with Gasteiger partial charge in [0, 0.05) is 6.54 Å². The van der Waals surface area contributed by atoms with Crippen LogP contribution in [0.25, 0.3) is 5.69 Å². The van der Waals surface area contributed by atoms with Gasteiger partial charge in [0.05, 0.1) is 17.6 Å². The molecule has 2 aromatic rings. The maximum atomic E-state index is 11.4. The molecule has 20 heavy (non-hydrogen) atoms. The molecule has 1 aromatic heterocycles. The van der Waals surface area contributed by atoms with Gasteiger partial charge in [-0.2, -0.15) is 5.10 Å². The topological polar surface area (TPSA) is 58.4 Å². The van der Waals surface area contributed by atoms with Gasteiger partial charge >= 0.3 is 5.97 Å². The lowest BCUT2D eigenvalue weighted by atomic mass is 10.2. The Hall–Kier alpha value is -2.14. The lowest BCUT2D eigenvalue weighted by Gasteiger charge is -2.16. The Morgan fingerprint density at radius 1 is 1.20 bits per heavy atom. The molecule has 1 fully saturated rings. The number of carboxylic acid groups (broad SMARTS) is 1. The Labute approximate surface area is 117 Å². The highest BCUT2D eigenvalue weighted by atomic mass is 16.4. The van der Waals surface area contributed by atoms with Crippen LogP contribution in [-0.2, 0) is 6.54 Å². The average Bonchev–Trinajstić information content (AvgIpc) is 3.10. The van der Waals surface area contributed by atoms with E-state index < -0.39 is 5.97 Å². The first kappa shape index (κ1) is 12.9. The van der Waals surface area contributed by atoms with E-state index in [2.05, 4.69) is 10.00 Å². The Balaban J connectivity index is 1.99. The molecular formula is C15H17N3O2. The van der Waals surface area contributed by atoms with Crippen LogP contribution in [0.5, 0.6) is 0 Å². The molecule has 0 bridgehead atoms. The highest BCUT2D eigenvalue weighted by Crippen LogP contribution is 2.19. The number of hydrogen-bond donors (Lipinski definition) is 1. The van der Waals surface area contributed by atoms with E-state index in [0.717, 1.165) is 24.5 Å². The zero-order chi connectivity index (χ0) is 13.9. The van der Waals surface area contributed by atoms with Crippen LogP contribution in [0, 0.1) is 0 Å². The predicted octanol–water partition coefficient (Wildman–Crippen LogP) is 2.17. The molecule has 1 saturated heterocycles. The van der Waals surface area contributed by atoms with E-state index in [-0.39, 0.29) is 0 Å². The van der Waals surface area contributed by atoms with Crippen LogP contribution in [-0.4, -0.2) is 38.8 Å². The maximum Gasteiger partial charge on any atom is 0.339 e. The number of hydrogen-bond acceptors (Lipinski definition) is 3. The molecule has 1 aliphatic rings. The summed E-state index contributed by atoms with van der Waals surface area (Å²) >= 11 is 0. The molecule has 0 aliphatic carbocycles. The number of aromatic nitrogens is 2. The third-order valence-electron chi connectivity index (χ3n) is 3.67. The van der Waals surface area contributed by atoms with Gasteiger partial charge in [0.2, 0.25) is 0 Å². The highest BCUT2D eigenvalue weighted by molar-refractivity contribution is 5.88. The largest absolute Gasteiger partial charge is 0.478 e. The summed E-state index contributed by atoms with van der Waals surface area (Å²) in [5.41, 5.74) is 1.94. The van der Waals surface area contributed by atoms with Crippen LogP contribution < -0.4 is 0 Å². The summed E-state index contributed by atoms with van der Waals surface area (Å²) < 4.78 is 1.74. The SMILES string of the molecule is O=C(O)c1cnn(-c2ccccc2)c1CN1CCCC1. The molecule has 104 valence electrons. The van der Waals surface area contributed by atoms with Gasteiger partial charge in [-0.05, 0) is 38.1 Å². The third-order valence-corrected chi connectivity index (χ3v) is 3.67. The Morgan fingerprint density at radius 2 is 1.90 bits per heavy atom. The van der Waals surface area contributed by atoms with E-state index in [1.165, 1.54) is 19.0 Å². The summed E-state index contributed by atoms with van der Waals surface area (Å²) in [6, 6.07) is 9.66. The molecule has 3 rings (SSSR count). The Kier molecular flexibility index (Phi) is 3.52. The second-order valence-corrected chi connectivity index (χ2v) is 5.04. The van der Waals surface area contributed by atoms with Gasteiger partial charge in [-0.15, -0.1) is 0 Å². The summed E-state index contributed by atoms with van der Waals surface area (Å²) in [6.45, 7) is 2.69. The van der Waals surface area contributed by atoms with Crippen molar-refractivity contribution in [3.05, 3.63) is 47.8 Å². The van der Waals surface area contributed by atoms with Gasteiger partial charge in [0.15, 0.2) is 0 Å². The van der Waals surface area contributed by atoms with Crippen molar-refractivity contribution in [1.29, 1.82) is 0 Å². The summed E-state index contributed by atoms with van der Waals surface area (Å²) in [4.78, 5) is 13.6. The second-order valence-electron chi connectivity index (χ2n) is 5.04. The van der Waals surface area contributed by atoms with E-state index in [4.69, 9.17) is 0 Å². The summed E-state index contributed by atoms with van der Waals surface area (Å²) in [5.74, 6) is -0.915. The smallest absolute Gasteiger partial charge is 0.339 e. The quantitative estimate of drug-likeness (QED) is 0.926. The lowest BCUT2D eigenvalue weighted by molar-refractivity contribution is 0.0694. The van der Waals surface area contributed by atoms with E-state index >= 15 is 0 Å². The van der Waals surface area contributed by atoms with Gasteiger partial charge in [-0.25, -0.2) is 9.48 Å². The van der Waals surface area contributed by atoms with Crippen molar-refractivity contribution in [2.45, 2.75) is 19.4 Å². The fourth-order valence-corrected chi connectivity index (χ4v) is 2.65. The van der Waals surface area contributed by atoms with Crippen LogP contribution in [0.15, 0.2) is 36.5 Å². The number of likely N-dealkylation sites (tertiary alicyclic amines) is 1. The summed E-state index contributed by atoms with van der Waals surface area (Å²) in [6.07, 6.45) is 3.81. The Bertz CT molecular complexity index is 601. The molecule has 0 radical (unpaired) electrons. The molecule has 5 heteroatoms. The fourth-order valence-electron chi connectivity index (χ4n) is 2.65. The van der Waals surface area contributed by atoms with Gasteiger partial charge in [0.1, 0.15) is 5.56 Å². The molecule has 1 N–H and O–H groups in total. The predicted molar refractivity (Wildman–Crippen MR) is 75.0 cm³/mol. The summed E-state index contributed by atoms with van der Waals surface area (Å²) in [5, 5.41) is 13.6. The molecule has 0 saturated carbocycles. The minimum Gasteiger partial charge on any atom is -0.478 e. The minimum absolute atomic E-state index is 0.292. The molecule has 0 spiro atoms. The van der Waals surface area contributed by atoms with Gasteiger partial charge < -0.3 is 5.11 Å². The first-order valence-corrected chi connectivity index (χ1v) is 6.83. The highest BCUT2D eigenvalue weighted by Gasteiger charge is 2.21.